The lowest BCUT2D eigenvalue weighted by Crippen LogP contribution is -2.54. The van der Waals surface area contributed by atoms with E-state index in [0.29, 0.717) is 30.0 Å². The molecule has 0 radical (unpaired) electrons. The van der Waals surface area contributed by atoms with Gasteiger partial charge in [0.15, 0.2) is 0 Å². The molecular formula is C37H43N3O5S. The van der Waals surface area contributed by atoms with Gasteiger partial charge in [0.2, 0.25) is 11.8 Å². The van der Waals surface area contributed by atoms with Gasteiger partial charge >= 0.3 is 0 Å². The molecule has 9 heteroatoms. The van der Waals surface area contributed by atoms with E-state index in [0.717, 1.165) is 21.9 Å². The summed E-state index contributed by atoms with van der Waals surface area (Å²) in [4.78, 5) is 29.3. The molecule has 1 N–H and O–H groups in total. The molecule has 2 unspecified atom stereocenters. The monoisotopic (exact) mass is 641 g/mol. The first-order chi connectivity index (χ1) is 22.1. The SMILES string of the molecule is CCC(C)NC(=O)C(CC)N(CCc1ccccc1)C(=O)CN(c1ccc(Oc2ccccc2)cc1)S(=O)(=O)c1ccc(C)cc1. The number of carbonyl (C=O) groups excluding carboxylic acids is 2. The molecule has 0 saturated heterocycles. The van der Waals surface area contributed by atoms with Crippen molar-refractivity contribution in [3.8, 4) is 11.5 Å². The molecule has 2 atom stereocenters. The number of nitrogens with zero attached hydrogens (tertiary/aromatic N) is 2. The standard InChI is InChI=1S/C37H43N3O5S/c1-5-29(4)38-37(42)35(6-2)39(26-25-30-13-9-7-10-14-30)36(41)27-40(46(43,44)34-23-17-28(3)18-24-34)31-19-21-33(22-20-31)45-32-15-11-8-12-16-32/h7-24,29,35H,5-6,25-27H2,1-4H3,(H,38,42). The van der Waals surface area contributed by atoms with E-state index in [9.17, 15) is 18.0 Å². The maximum Gasteiger partial charge on any atom is 0.264 e. The van der Waals surface area contributed by atoms with Gasteiger partial charge in [0, 0.05) is 12.6 Å². The van der Waals surface area contributed by atoms with Gasteiger partial charge in [-0.05, 0) is 87.2 Å². The van der Waals surface area contributed by atoms with Gasteiger partial charge in [-0.2, -0.15) is 0 Å². The van der Waals surface area contributed by atoms with Crippen LogP contribution < -0.4 is 14.4 Å². The number of sulfonamides is 1. The number of nitrogens with one attached hydrogen (secondary N) is 1. The highest BCUT2D eigenvalue weighted by Crippen LogP contribution is 2.28. The molecule has 2 amide bonds. The summed E-state index contributed by atoms with van der Waals surface area (Å²) in [6.07, 6.45) is 1.63. The number of para-hydroxylation sites is 1. The Kier molecular flexibility index (Phi) is 12.0. The molecule has 242 valence electrons. The van der Waals surface area contributed by atoms with Gasteiger partial charge in [-0.1, -0.05) is 80.1 Å². The number of amides is 2. The third-order valence-corrected chi connectivity index (χ3v) is 9.65. The lowest BCUT2D eigenvalue weighted by molar-refractivity contribution is -0.139. The summed E-state index contributed by atoms with van der Waals surface area (Å²) in [6, 6.07) is 31.3. The number of hydrogen-bond donors (Lipinski definition) is 1. The molecule has 0 aliphatic heterocycles. The maximum absolute atomic E-state index is 14.3. The lowest BCUT2D eigenvalue weighted by atomic mass is 10.1. The van der Waals surface area contributed by atoms with Crippen LogP contribution in [0.25, 0.3) is 0 Å². The lowest BCUT2D eigenvalue weighted by Gasteiger charge is -2.33. The van der Waals surface area contributed by atoms with Gasteiger partial charge in [0.1, 0.15) is 24.1 Å². The Labute approximate surface area is 273 Å². The van der Waals surface area contributed by atoms with Crippen molar-refractivity contribution in [1.82, 2.24) is 10.2 Å². The molecule has 0 spiro atoms. The van der Waals surface area contributed by atoms with Crippen LogP contribution in [0.5, 0.6) is 11.5 Å². The Balaban J connectivity index is 1.69. The second-order valence-corrected chi connectivity index (χ2v) is 13.2. The van der Waals surface area contributed by atoms with Crippen LogP contribution in [0.4, 0.5) is 5.69 Å². The molecule has 0 aliphatic rings. The number of benzene rings is 4. The van der Waals surface area contributed by atoms with Crippen LogP contribution in [0.3, 0.4) is 0 Å². The van der Waals surface area contributed by atoms with Gasteiger partial charge in [0.05, 0.1) is 10.6 Å². The Hall–Kier alpha value is -4.63. The number of carbonyl (C=O) groups is 2. The fourth-order valence-electron chi connectivity index (χ4n) is 5.01. The summed E-state index contributed by atoms with van der Waals surface area (Å²) in [7, 11) is -4.17. The molecule has 4 aromatic rings. The summed E-state index contributed by atoms with van der Waals surface area (Å²) >= 11 is 0. The van der Waals surface area contributed by atoms with Crippen LogP contribution in [0.1, 0.15) is 44.7 Å². The molecule has 0 aromatic heterocycles. The first-order valence-corrected chi connectivity index (χ1v) is 17.1. The van der Waals surface area contributed by atoms with E-state index in [2.05, 4.69) is 5.32 Å². The topological polar surface area (TPSA) is 96.0 Å². The van der Waals surface area contributed by atoms with Crippen LogP contribution in [-0.4, -0.2) is 50.3 Å². The van der Waals surface area contributed by atoms with Crippen LogP contribution >= 0.6 is 0 Å². The van der Waals surface area contributed by atoms with Crippen molar-refractivity contribution in [2.24, 2.45) is 0 Å². The zero-order chi connectivity index (χ0) is 33.1. The highest BCUT2D eigenvalue weighted by Gasteiger charge is 2.33. The van der Waals surface area contributed by atoms with Crippen molar-refractivity contribution in [2.75, 3.05) is 17.4 Å². The molecular weight excluding hydrogens is 598 g/mol. The van der Waals surface area contributed by atoms with Crippen molar-refractivity contribution in [2.45, 2.75) is 63.9 Å². The van der Waals surface area contributed by atoms with E-state index < -0.39 is 28.5 Å². The first-order valence-electron chi connectivity index (χ1n) is 15.7. The first kappa shape index (κ1) is 34.2. The Morgan fingerprint density at radius 3 is 1.96 bits per heavy atom. The average molecular weight is 642 g/mol. The van der Waals surface area contributed by atoms with Gasteiger partial charge < -0.3 is 15.0 Å². The molecule has 0 saturated carbocycles. The van der Waals surface area contributed by atoms with Crippen molar-refractivity contribution in [1.29, 1.82) is 0 Å². The fraction of sp³-hybridized carbons (Fsp3) is 0.297. The van der Waals surface area contributed by atoms with Crippen molar-refractivity contribution in [3.05, 3.63) is 120 Å². The summed E-state index contributed by atoms with van der Waals surface area (Å²) in [5.74, 6) is 0.437. The minimum atomic E-state index is -4.17. The largest absolute Gasteiger partial charge is 0.457 e. The molecule has 8 nitrogen and oxygen atoms in total. The van der Waals surface area contributed by atoms with Crippen molar-refractivity contribution in [3.63, 3.8) is 0 Å². The van der Waals surface area contributed by atoms with Crippen LogP contribution in [0.2, 0.25) is 0 Å². The fourth-order valence-corrected chi connectivity index (χ4v) is 6.42. The quantitative estimate of drug-likeness (QED) is 0.155. The molecule has 4 aromatic carbocycles. The van der Waals surface area contributed by atoms with E-state index >= 15 is 0 Å². The minimum absolute atomic E-state index is 0.0629. The van der Waals surface area contributed by atoms with Gasteiger partial charge in [0.25, 0.3) is 10.0 Å². The maximum atomic E-state index is 14.3. The molecule has 4 rings (SSSR count). The zero-order valence-electron chi connectivity index (χ0n) is 26.9. The summed E-state index contributed by atoms with van der Waals surface area (Å²) in [5, 5.41) is 3.01. The molecule has 0 aliphatic carbocycles. The van der Waals surface area contributed by atoms with Gasteiger partial charge in [-0.15, -0.1) is 0 Å². The molecule has 0 fully saturated rings. The predicted octanol–water partition coefficient (Wildman–Crippen LogP) is 6.75. The average Bonchev–Trinajstić information content (AvgIpc) is 3.06. The molecule has 46 heavy (non-hydrogen) atoms. The number of anilines is 1. The van der Waals surface area contributed by atoms with Crippen molar-refractivity contribution >= 4 is 27.5 Å². The van der Waals surface area contributed by atoms with E-state index in [1.807, 2.05) is 88.4 Å². The zero-order valence-corrected chi connectivity index (χ0v) is 27.7. The van der Waals surface area contributed by atoms with E-state index in [1.54, 1.807) is 36.4 Å². The second kappa shape index (κ2) is 16.1. The Bertz CT molecular complexity index is 1660. The second-order valence-electron chi connectivity index (χ2n) is 11.3. The Morgan fingerprint density at radius 1 is 0.783 bits per heavy atom. The smallest absolute Gasteiger partial charge is 0.264 e. The molecule has 0 heterocycles. The highest BCUT2D eigenvalue weighted by atomic mass is 32.2. The van der Waals surface area contributed by atoms with Crippen LogP contribution in [0.15, 0.2) is 114 Å². The van der Waals surface area contributed by atoms with Crippen LogP contribution in [-0.2, 0) is 26.0 Å². The number of aryl methyl sites for hydroxylation is 1. The number of rotatable bonds is 15. The van der Waals surface area contributed by atoms with E-state index in [-0.39, 0.29) is 23.4 Å². The van der Waals surface area contributed by atoms with Gasteiger partial charge in [-0.3, -0.25) is 13.9 Å². The molecule has 0 bridgehead atoms. The summed E-state index contributed by atoms with van der Waals surface area (Å²) < 4.78 is 35.3. The van der Waals surface area contributed by atoms with E-state index in [4.69, 9.17) is 4.74 Å². The predicted molar refractivity (Wildman–Crippen MR) is 183 cm³/mol. The van der Waals surface area contributed by atoms with Crippen LogP contribution in [0, 0.1) is 6.92 Å². The third-order valence-electron chi connectivity index (χ3n) is 7.86. The minimum Gasteiger partial charge on any atom is -0.457 e. The number of ether oxygens (including phenoxy) is 1. The normalized spacial score (nSPS) is 12.5. The van der Waals surface area contributed by atoms with Gasteiger partial charge in [-0.25, -0.2) is 8.42 Å². The summed E-state index contributed by atoms with van der Waals surface area (Å²) in [5.41, 5.74) is 2.22. The van der Waals surface area contributed by atoms with Crippen molar-refractivity contribution < 1.29 is 22.7 Å². The third kappa shape index (κ3) is 8.97. The number of hydrogen-bond acceptors (Lipinski definition) is 5. The summed E-state index contributed by atoms with van der Waals surface area (Å²) in [6.45, 7) is 7.39. The Morgan fingerprint density at radius 2 is 1.37 bits per heavy atom. The highest BCUT2D eigenvalue weighted by molar-refractivity contribution is 7.92. The van der Waals surface area contributed by atoms with E-state index in [1.165, 1.54) is 17.0 Å².